The van der Waals surface area contributed by atoms with Crippen molar-refractivity contribution < 1.29 is 35.9 Å². The standard InChI is InChI=1S/C21H17F6N5O2/c1-11-4-3-5-15(12(11)2)31-17(33)10-29-19(34)14-9-30-32(18(14)21(25,26)27)16-7-6-13(8-28-16)20(22,23)24/h3-9H,10H2,1-2H3,(H,29,34)(H,31,33). The third kappa shape index (κ3) is 5.35. The zero-order chi connectivity index (χ0) is 25.3. The second kappa shape index (κ2) is 9.15. The summed E-state index contributed by atoms with van der Waals surface area (Å²) in [6, 6.07) is 6.40. The number of rotatable bonds is 5. The van der Waals surface area contributed by atoms with Gasteiger partial charge >= 0.3 is 12.4 Å². The predicted molar refractivity (Wildman–Crippen MR) is 108 cm³/mol. The molecule has 0 saturated heterocycles. The molecule has 2 heterocycles. The number of carbonyl (C=O) groups excluding carboxylic acids is 2. The smallest absolute Gasteiger partial charge is 0.343 e. The first-order chi connectivity index (χ1) is 15.8. The molecule has 0 bridgehead atoms. The van der Waals surface area contributed by atoms with Gasteiger partial charge in [-0.3, -0.25) is 9.59 Å². The van der Waals surface area contributed by atoms with Crippen molar-refractivity contribution in [1.29, 1.82) is 0 Å². The highest BCUT2D eigenvalue weighted by atomic mass is 19.4. The average Bonchev–Trinajstić information content (AvgIpc) is 3.21. The number of nitrogens with one attached hydrogen (secondary N) is 2. The van der Waals surface area contributed by atoms with Gasteiger partial charge in [0.25, 0.3) is 5.91 Å². The summed E-state index contributed by atoms with van der Waals surface area (Å²) < 4.78 is 79.4. The van der Waals surface area contributed by atoms with Crippen molar-refractivity contribution in [2.45, 2.75) is 26.2 Å². The van der Waals surface area contributed by atoms with E-state index in [1.165, 1.54) is 0 Å². The number of hydrogen-bond donors (Lipinski definition) is 2. The van der Waals surface area contributed by atoms with Crippen LogP contribution in [0.4, 0.5) is 32.0 Å². The van der Waals surface area contributed by atoms with Gasteiger partial charge in [0.1, 0.15) is 0 Å². The Morgan fingerprint density at radius 2 is 1.68 bits per heavy atom. The molecule has 0 radical (unpaired) electrons. The van der Waals surface area contributed by atoms with E-state index in [-0.39, 0.29) is 4.68 Å². The van der Waals surface area contributed by atoms with Gasteiger partial charge in [0.2, 0.25) is 5.91 Å². The second-order valence-corrected chi connectivity index (χ2v) is 7.20. The van der Waals surface area contributed by atoms with Gasteiger partial charge in [-0.05, 0) is 43.2 Å². The van der Waals surface area contributed by atoms with Gasteiger partial charge in [0.05, 0.1) is 23.9 Å². The molecule has 3 aromatic rings. The van der Waals surface area contributed by atoms with Crippen LogP contribution in [0.1, 0.15) is 32.7 Å². The summed E-state index contributed by atoms with van der Waals surface area (Å²) in [5.74, 6) is -2.50. The first-order valence-electron chi connectivity index (χ1n) is 9.62. The van der Waals surface area contributed by atoms with E-state index in [2.05, 4.69) is 20.7 Å². The number of halogens is 6. The van der Waals surface area contributed by atoms with Crippen LogP contribution in [-0.4, -0.2) is 33.1 Å². The van der Waals surface area contributed by atoms with Crippen LogP contribution in [0.15, 0.2) is 42.7 Å². The Bertz CT molecular complexity index is 1220. The summed E-state index contributed by atoms with van der Waals surface area (Å²) in [7, 11) is 0. The highest BCUT2D eigenvalue weighted by molar-refractivity contribution is 6.00. The molecule has 3 rings (SSSR count). The topological polar surface area (TPSA) is 88.9 Å². The van der Waals surface area contributed by atoms with E-state index in [0.29, 0.717) is 30.2 Å². The van der Waals surface area contributed by atoms with Crippen LogP contribution in [-0.2, 0) is 17.1 Å². The van der Waals surface area contributed by atoms with Gasteiger partial charge in [-0.15, -0.1) is 0 Å². The Labute approximate surface area is 188 Å². The van der Waals surface area contributed by atoms with E-state index in [4.69, 9.17) is 0 Å². The normalized spacial score (nSPS) is 11.9. The van der Waals surface area contributed by atoms with E-state index < -0.39 is 53.4 Å². The molecule has 13 heteroatoms. The third-order valence-corrected chi connectivity index (χ3v) is 4.86. The molecule has 180 valence electrons. The first kappa shape index (κ1) is 24.7. The number of amides is 2. The number of anilines is 1. The SMILES string of the molecule is Cc1cccc(NC(=O)CNC(=O)c2cnn(-c3ccc(C(F)(F)F)cn3)c2C(F)(F)F)c1C. The quantitative estimate of drug-likeness (QED) is 0.528. The molecular formula is C21H17F6N5O2. The van der Waals surface area contributed by atoms with E-state index in [9.17, 15) is 35.9 Å². The van der Waals surface area contributed by atoms with Gasteiger partial charge < -0.3 is 10.6 Å². The molecule has 0 unspecified atom stereocenters. The minimum Gasteiger partial charge on any atom is -0.343 e. The van der Waals surface area contributed by atoms with Crippen molar-refractivity contribution in [2.75, 3.05) is 11.9 Å². The van der Waals surface area contributed by atoms with Crippen LogP contribution >= 0.6 is 0 Å². The van der Waals surface area contributed by atoms with Crippen LogP contribution < -0.4 is 10.6 Å². The highest BCUT2D eigenvalue weighted by Gasteiger charge is 2.41. The van der Waals surface area contributed by atoms with Crippen molar-refractivity contribution in [1.82, 2.24) is 20.1 Å². The number of benzene rings is 1. The number of nitrogens with zero attached hydrogens (tertiary/aromatic N) is 3. The molecule has 0 atom stereocenters. The van der Waals surface area contributed by atoms with Crippen LogP contribution in [0, 0.1) is 13.8 Å². The van der Waals surface area contributed by atoms with Crippen LogP contribution in [0.2, 0.25) is 0 Å². The van der Waals surface area contributed by atoms with E-state index in [1.54, 1.807) is 19.1 Å². The molecule has 0 saturated carbocycles. The van der Waals surface area contributed by atoms with Gasteiger partial charge in [-0.2, -0.15) is 31.4 Å². The van der Waals surface area contributed by atoms with Gasteiger partial charge in [-0.25, -0.2) is 9.67 Å². The Hall–Kier alpha value is -3.90. The lowest BCUT2D eigenvalue weighted by molar-refractivity contribution is -0.143. The van der Waals surface area contributed by atoms with Crippen molar-refractivity contribution in [3.8, 4) is 5.82 Å². The summed E-state index contributed by atoms with van der Waals surface area (Å²) in [5, 5.41) is 8.11. The molecule has 0 spiro atoms. The summed E-state index contributed by atoms with van der Waals surface area (Å²) in [4.78, 5) is 28.0. The number of alkyl halides is 6. The Morgan fingerprint density at radius 1 is 0.971 bits per heavy atom. The van der Waals surface area contributed by atoms with Crippen molar-refractivity contribution in [3.63, 3.8) is 0 Å². The lowest BCUT2D eigenvalue weighted by Gasteiger charge is -2.13. The fraction of sp³-hybridized carbons (Fsp3) is 0.238. The highest BCUT2D eigenvalue weighted by Crippen LogP contribution is 2.34. The minimum atomic E-state index is -5.10. The molecular weight excluding hydrogens is 468 g/mol. The Morgan fingerprint density at radius 3 is 2.26 bits per heavy atom. The largest absolute Gasteiger partial charge is 0.434 e. The van der Waals surface area contributed by atoms with Crippen LogP contribution in [0.5, 0.6) is 0 Å². The van der Waals surface area contributed by atoms with Crippen molar-refractivity contribution in [2.24, 2.45) is 0 Å². The molecule has 0 fully saturated rings. The molecule has 2 N–H and O–H groups in total. The molecule has 34 heavy (non-hydrogen) atoms. The number of pyridine rings is 1. The fourth-order valence-corrected chi connectivity index (χ4v) is 2.98. The van der Waals surface area contributed by atoms with Crippen molar-refractivity contribution >= 4 is 17.5 Å². The number of aryl methyl sites for hydroxylation is 1. The lowest BCUT2D eigenvalue weighted by atomic mass is 10.1. The summed E-state index contributed by atoms with van der Waals surface area (Å²) in [6.45, 7) is 2.96. The summed E-state index contributed by atoms with van der Waals surface area (Å²) >= 11 is 0. The van der Waals surface area contributed by atoms with E-state index >= 15 is 0 Å². The monoisotopic (exact) mass is 485 g/mol. The first-order valence-corrected chi connectivity index (χ1v) is 9.62. The van der Waals surface area contributed by atoms with E-state index in [0.717, 1.165) is 11.1 Å². The van der Waals surface area contributed by atoms with Gasteiger partial charge in [-0.1, -0.05) is 12.1 Å². The molecule has 2 amide bonds. The Kier molecular flexibility index (Phi) is 6.66. The number of hydrogen-bond acceptors (Lipinski definition) is 4. The molecule has 0 aliphatic heterocycles. The van der Waals surface area contributed by atoms with Crippen LogP contribution in [0.25, 0.3) is 5.82 Å². The molecule has 0 aliphatic carbocycles. The zero-order valence-electron chi connectivity index (χ0n) is 17.7. The molecule has 7 nitrogen and oxygen atoms in total. The molecule has 1 aromatic carbocycles. The summed E-state index contributed by atoms with van der Waals surface area (Å²) in [6.07, 6.45) is -8.88. The van der Waals surface area contributed by atoms with E-state index in [1.807, 2.05) is 13.0 Å². The third-order valence-electron chi connectivity index (χ3n) is 4.86. The lowest BCUT2D eigenvalue weighted by Crippen LogP contribution is -2.34. The predicted octanol–water partition coefficient (Wildman–Crippen LogP) is 4.29. The second-order valence-electron chi connectivity index (χ2n) is 7.20. The fourth-order valence-electron chi connectivity index (χ4n) is 2.98. The molecule has 0 aliphatic rings. The maximum absolute atomic E-state index is 13.7. The average molecular weight is 485 g/mol. The van der Waals surface area contributed by atoms with Gasteiger partial charge in [0.15, 0.2) is 11.5 Å². The zero-order valence-corrected chi connectivity index (χ0v) is 17.7. The van der Waals surface area contributed by atoms with Crippen LogP contribution in [0.3, 0.4) is 0 Å². The number of carbonyl (C=O) groups is 2. The van der Waals surface area contributed by atoms with Gasteiger partial charge in [0, 0.05) is 11.9 Å². The van der Waals surface area contributed by atoms with Crippen molar-refractivity contribution in [3.05, 3.63) is 70.7 Å². The Balaban J connectivity index is 1.80. The minimum absolute atomic E-state index is 0.214. The number of aromatic nitrogens is 3. The maximum Gasteiger partial charge on any atom is 0.434 e. The maximum atomic E-state index is 13.7. The summed E-state index contributed by atoms with van der Waals surface area (Å²) in [5.41, 5.74) is -1.46. The molecule has 2 aromatic heterocycles.